The number of hydrogen-bond donors (Lipinski definition) is 1. The Kier molecular flexibility index (Phi) is 7.04. The molecule has 150 valence electrons. The number of rotatable bonds is 0. The SMILES string of the molecule is CC(C)(C)OC(=O)N(C(=O)O)N(C(=O)OC(C)(C)C)C(=O)OC(C)(C)C. The molecule has 0 fully saturated rings. The van der Waals surface area contributed by atoms with E-state index in [4.69, 9.17) is 14.2 Å². The summed E-state index contributed by atoms with van der Waals surface area (Å²) in [7, 11) is 0. The molecule has 0 aromatic rings. The lowest BCUT2D eigenvalue weighted by Crippen LogP contribution is -2.58. The zero-order valence-corrected chi connectivity index (χ0v) is 16.7. The van der Waals surface area contributed by atoms with E-state index in [-0.39, 0.29) is 10.0 Å². The lowest BCUT2D eigenvalue weighted by atomic mass is 10.2. The summed E-state index contributed by atoms with van der Waals surface area (Å²) >= 11 is 0. The number of nitrogens with zero attached hydrogens (tertiary/aromatic N) is 2. The molecule has 0 aliphatic rings. The summed E-state index contributed by atoms with van der Waals surface area (Å²) in [4.78, 5) is 48.6. The van der Waals surface area contributed by atoms with Gasteiger partial charge in [-0.15, -0.1) is 0 Å². The highest BCUT2D eigenvalue weighted by Crippen LogP contribution is 2.19. The molecule has 0 saturated heterocycles. The lowest BCUT2D eigenvalue weighted by Gasteiger charge is -2.33. The Hall–Kier alpha value is -2.52. The predicted octanol–water partition coefficient (Wildman–Crippen LogP) is 3.99. The normalized spacial score (nSPS) is 12.0. The van der Waals surface area contributed by atoms with Gasteiger partial charge in [-0.05, 0) is 62.3 Å². The molecule has 0 unspecified atom stereocenters. The van der Waals surface area contributed by atoms with E-state index in [1.807, 2.05) is 0 Å². The van der Waals surface area contributed by atoms with Crippen LogP contribution in [-0.2, 0) is 14.2 Å². The van der Waals surface area contributed by atoms with Crippen molar-refractivity contribution < 1.29 is 38.5 Å². The van der Waals surface area contributed by atoms with Gasteiger partial charge in [-0.25, -0.2) is 19.2 Å². The molecule has 0 aromatic carbocycles. The molecule has 10 heteroatoms. The molecule has 1 N–H and O–H groups in total. The first kappa shape index (κ1) is 23.5. The largest absolute Gasteiger partial charge is 0.463 e. The minimum atomic E-state index is -1.92. The van der Waals surface area contributed by atoms with Crippen LogP contribution in [0.4, 0.5) is 19.2 Å². The van der Waals surface area contributed by atoms with Crippen LogP contribution in [-0.4, -0.2) is 56.3 Å². The zero-order chi connectivity index (χ0) is 21.1. The molecule has 0 atom stereocenters. The van der Waals surface area contributed by atoms with Crippen molar-refractivity contribution in [2.45, 2.75) is 79.1 Å². The van der Waals surface area contributed by atoms with E-state index in [1.165, 1.54) is 62.3 Å². The molecular weight excluding hydrogens is 348 g/mol. The molecule has 0 spiro atoms. The van der Waals surface area contributed by atoms with Gasteiger partial charge < -0.3 is 19.3 Å². The van der Waals surface area contributed by atoms with E-state index in [9.17, 15) is 24.3 Å². The van der Waals surface area contributed by atoms with Crippen molar-refractivity contribution in [3.63, 3.8) is 0 Å². The Morgan fingerprint density at radius 2 is 0.808 bits per heavy atom. The Morgan fingerprint density at radius 1 is 0.577 bits per heavy atom. The summed E-state index contributed by atoms with van der Waals surface area (Å²) < 4.78 is 15.0. The first-order valence-corrected chi connectivity index (χ1v) is 7.86. The molecule has 0 aliphatic carbocycles. The highest BCUT2D eigenvalue weighted by Gasteiger charge is 2.43. The molecule has 0 bridgehead atoms. The van der Waals surface area contributed by atoms with Gasteiger partial charge in [0.15, 0.2) is 0 Å². The fraction of sp³-hybridized carbons (Fsp3) is 0.750. The van der Waals surface area contributed by atoms with Crippen LogP contribution in [0.3, 0.4) is 0 Å². The van der Waals surface area contributed by atoms with Crippen molar-refractivity contribution in [3.05, 3.63) is 0 Å². The minimum absolute atomic E-state index is 0.0487. The van der Waals surface area contributed by atoms with Crippen molar-refractivity contribution >= 4 is 24.4 Å². The van der Waals surface area contributed by atoms with Gasteiger partial charge in [0, 0.05) is 0 Å². The maximum absolute atomic E-state index is 12.4. The number of carbonyl (C=O) groups is 4. The fourth-order valence-electron chi connectivity index (χ4n) is 1.40. The molecule has 0 heterocycles. The number of ether oxygens (including phenoxy) is 3. The van der Waals surface area contributed by atoms with Crippen molar-refractivity contribution in [3.8, 4) is 0 Å². The van der Waals surface area contributed by atoms with Crippen LogP contribution in [0.25, 0.3) is 0 Å². The summed E-state index contributed by atoms with van der Waals surface area (Å²) in [5.74, 6) is 0. The van der Waals surface area contributed by atoms with Crippen LogP contribution in [0.5, 0.6) is 0 Å². The van der Waals surface area contributed by atoms with Gasteiger partial charge in [0.05, 0.1) is 0 Å². The van der Waals surface area contributed by atoms with E-state index < -0.39 is 41.2 Å². The second-order valence-corrected chi connectivity index (χ2v) is 8.35. The van der Waals surface area contributed by atoms with Gasteiger partial charge in [0.25, 0.3) is 0 Å². The minimum Gasteiger partial charge on any atom is -0.463 e. The number of hydrazine groups is 1. The van der Waals surface area contributed by atoms with Crippen LogP contribution < -0.4 is 0 Å². The zero-order valence-electron chi connectivity index (χ0n) is 16.7. The maximum atomic E-state index is 12.4. The van der Waals surface area contributed by atoms with Crippen molar-refractivity contribution in [1.82, 2.24) is 10.0 Å². The van der Waals surface area contributed by atoms with E-state index in [2.05, 4.69) is 0 Å². The van der Waals surface area contributed by atoms with Gasteiger partial charge in [-0.2, -0.15) is 0 Å². The van der Waals surface area contributed by atoms with Crippen LogP contribution >= 0.6 is 0 Å². The van der Waals surface area contributed by atoms with Crippen LogP contribution in [0.1, 0.15) is 62.3 Å². The molecule has 4 amide bonds. The summed E-state index contributed by atoms with van der Waals surface area (Å²) in [5.41, 5.74) is -3.19. The Morgan fingerprint density at radius 3 is 1.00 bits per heavy atom. The van der Waals surface area contributed by atoms with Crippen LogP contribution in [0, 0.1) is 0 Å². The van der Waals surface area contributed by atoms with Crippen LogP contribution in [0.2, 0.25) is 0 Å². The number of amides is 4. The number of hydrogen-bond acceptors (Lipinski definition) is 7. The molecule has 0 aliphatic heterocycles. The number of carboxylic acid groups (broad SMARTS) is 1. The van der Waals surface area contributed by atoms with Gasteiger partial charge in [-0.3, -0.25) is 0 Å². The van der Waals surface area contributed by atoms with Gasteiger partial charge >= 0.3 is 24.4 Å². The van der Waals surface area contributed by atoms with Gasteiger partial charge in [0.2, 0.25) is 0 Å². The molecule has 0 rings (SSSR count). The van der Waals surface area contributed by atoms with Crippen molar-refractivity contribution in [2.24, 2.45) is 0 Å². The Balaban J connectivity index is 5.97. The van der Waals surface area contributed by atoms with E-state index >= 15 is 0 Å². The van der Waals surface area contributed by atoms with Crippen molar-refractivity contribution in [2.75, 3.05) is 0 Å². The first-order chi connectivity index (χ1) is 11.3. The highest BCUT2D eigenvalue weighted by molar-refractivity contribution is 5.96. The molecular formula is C16H28N2O8. The molecule has 26 heavy (non-hydrogen) atoms. The van der Waals surface area contributed by atoms with Gasteiger partial charge in [-0.1, -0.05) is 10.0 Å². The van der Waals surface area contributed by atoms with E-state index in [1.54, 1.807) is 0 Å². The molecule has 0 radical (unpaired) electrons. The molecule has 10 nitrogen and oxygen atoms in total. The predicted molar refractivity (Wildman–Crippen MR) is 90.4 cm³/mol. The highest BCUT2D eigenvalue weighted by atomic mass is 16.6. The van der Waals surface area contributed by atoms with Gasteiger partial charge in [0.1, 0.15) is 16.8 Å². The molecule has 0 saturated carbocycles. The standard InChI is InChI=1S/C16H28N2O8/c1-14(2,3)24-11(21)17(10(19)20)18(12(22)25-15(4,5)6)13(23)26-16(7,8)9/h1-9H3,(H,19,20). The second kappa shape index (κ2) is 7.79. The quantitative estimate of drug-likeness (QED) is 0.497. The van der Waals surface area contributed by atoms with E-state index in [0.29, 0.717) is 0 Å². The Bertz CT molecular complexity index is 538. The lowest BCUT2D eigenvalue weighted by molar-refractivity contribution is -0.0610. The average Bonchev–Trinajstić information content (AvgIpc) is 2.27. The maximum Gasteiger partial charge on any atom is 0.440 e. The third-order valence-corrected chi connectivity index (χ3v) is 2.08. The average molecular weight is 376 g/mol. The summed E-state index contributed by atoms with van der Waals surface area (Å²) in [6.45, 7) is 13.6. The number of imide groups is 2. The smallest absolute Gasteiger partial charge is 0.440 e. The first-order valence-electron chi connectivity index (χ1n) is 7.86. The second-order valence-electron chi connectivity index (χ2n) is 8.35. The Labute approximate surface area is 152 Å². The monoisotopic (exact) mass is 376 g/mol. The van der Waals surface area contributed by atoms with Crippen molar-refractivity contribution in [1.29, 1.82) is 0 Å². The summed E-state index contributed by atoms with van der Waals surface area (Å²) in [5, 5.41) is 9.14. The summed E-state index contributed by atoms with van der Waals surface area (Å²) in [6.07, 6.45) is -6.18. The van der Waals surface area contributed by atoms with Crippen LogP contribution in [0.15, 0.2) is 0 Å². The molecule has 0 aromatic heterocycles. The van der Waals surface area contributed by atoms with E-state index in [0.717, 1.165) is 0 Å². The topological polar surface area (TPSA) is 123 Å². The third kappa shape index (κ3) is 8.54. The fourth-order valence-corrected chi connectivity index (χ4v) is 1.40. The number of carbonyl (C=O) groups excluding carboxylic acids is 3. The summed E-state index contributed by atoms with van der Waals surface area (Å²) in [6, 6.07) is 0. The third-order valence-electron chi connectivity index (χ3n) is 2.08.